The number of carbonyl (C=O) groups excluding carboxylic acids is 1. The normalized spacial score (nSPS) is 22.4. The van der Waals surface area contributed by atoms with Crippen LogP contribution in [0.4, 0.5) is 4.39 Å². The second-order valence-electron chi connectivity index (χ2n) is 11.3. The van der Waals surface area contributed by atoms with Crippen molar-refractivity contribution in [1.29, 1.82) is 0 Å². The molecule has 0 saturated heterocycles. The molecule has 2 aromatic carbocycles. The van der Waals surface area contributed by atoms with Crippen LogP contribution in [0.15, 0.2) is 54.6 Å². The maximum atomic E-state index is 15.3. The molecule has 10 heteroatoms. The van der Waals surface area contributed by atoms with Gasteiger partial charge in [0.1, 0.15) is 11.5 Å². The molecule has 0 bridgehead atoms. The molecule has 1 amide bonds. The minimum atomic E-state index is -3.31. The number of fused-ring (bicyclic) bond motifs is 2. The highest BCUT2D eigenvalue weighted by Gasteiger charge is 2.40. The van der Waals surface area contributed by atoms with Gasteiger partial charge in [-0.2, -0.15) is 5.10 Å². The van der Waals surface area contributed by atoms with E-state index in [0.29, 0.717) is 41.5 Å². The molecule has 2 aliphatic carbocycles. The van der Waals surface area contributed by atoms with Gasteiger partial charge in [-0.05, 0) is 67.5 Å². The zero-order valence-corrected chi connectivity index (χ0v) is 23.2. The Morgan fingerprint density at radius 3 is 2.65 bits per heavy atom. The molecule has 3 atom stereocenters. The van der Waals surface area contributed by atoms with Crippen LogP contribution in [0, 0.1) is 5.82 Å². The molecule has 2 aromatic heterocycles. The zero-order valence-electron chi connectivity index (χ0n) is 22.3. The Hall–Kier alpha value is -3.63. The van der Waals surface area contributed by atoms with Crippen molar-refractivity contribution in [3.63, 3.8) is 0 Å². The molecule has 2 saturated carbocycles. The van der Waals surface area contributed by atoms with Crippen LogP contribution in [-0.2, 0) is 16.4 Å². The summed E-state index contributed by atoms with van der Waals surface area (Å²) >= 11 is 0. The van der Waals surface area contributed by atoms with Crippen LogP contribution in [-0.4, -0.2) is 52.7 Å². The summed E-state index contributed by atoms with van der Waals surface area (Å²) in [6, 6.07) is 16.6. The van der Waals surface area contributed by atoms with Crippen LogP contribution in [0.2, 0.25) is 0 Å². The van der Waals surface area contributed by atoms with Crippen molar-refractivity contribution in [3.05, 3.63) is 88.5 Å². The fraction of sp³-hybridized carbons (Fsp3) is 0.367. The maximum absolute atomic E-state index is 15.3. The Kier molecular flexibility index (Phi) is 5.83. The van der Waals surface area contributed by atoms with E-state index in [0.717, 1.165) is 36.8 Å². The van der Waals surface area contributed by atoms with Crippen molar-refractivity contribution in [2.45, 2.75) is 56.5 Å². The minimum Gasteiger partial charge on any atom is -0.330 e. The lowest BCUT2D eigenvalue weighted by atomic mass is 9.93. The van der Waals surface area contributed by atoms with E-state index in [4.69, 9.17) is 10.1 Å². The molecular formula is C30H30FN5O3S. The van der Waals surface area contributed by atoms with Gasteiger partial charge in [-0.15, -0.1) is 0 Å². The highest BCUT2D eigenvalue weighted by Crippen LogP contribution is 2.43. The van der Waals surface area contributed by atoms with Gasteiger partial charge in [0.05, 0.1) is 18.0 Å². The van der Waals surface area contributed by atoms with E-state index in [9.17, 15) is 13.2 Å². The summed E-state index contributed by atoms with van der Waals surface area (Å²) in [5, 5.41) is 4.71. The van der Waals surface area contributed by atoms with Crippen LogP contribution >= 0.6 is 0 Å². The summed E-state index contributed by atoms with van der Waals surface area (Å²) in [6.07, 6.45) is 4.62. The molecule has 1 N–H and O–H groups in total. The average molecular weight is 560 g/mol. The standard InChI is InChI=1S/C30H30FN5O3S/c1-17-21-6-4-3-5-18(21)11-12-35(17)30(37)27-15-28(19-7-8-19)36-29(32-27)16-25(33-36)22-10-9-20(13-24(22)31)23-14-26(23)34-40(2,38)39/h3-6,9-10,13,15-17,19,23,26,34H,7-8,11-12,14H2,1-2H3/t17-,23-,26+/m1/s1. The SMILES string of the molecule is C[C@@H]1c2ccccc2CCN1C(=O)c1cc(C2CC2)n2nc(-c3ccc([C@H]4C[C@@H]4NS(C)(=O)=O)cc3F)cc2n1. The zero-order chi connectivity index (χ0) is 27.8. The second-order valence-corrected chi connectivity index (χ2v) is 13.1. The monoisotopic (exact) mass is 559 g/mol. The quantitative estimate of drug-likeness (QED) is 0.373. The third-order valence-corrected chi connectivity index (χ3v) is 9.11. The molecule has 0 spiro atoms. The lowest BCUT2D eigenvalue weighted by Gasteiger charge is -2.35. The number of sulfonamides is 1. The third-order valence-electron chi connectivity index (χ3n) is 8.38. The number of amides is 1. The van der Waals surface area contributed by atoms with Crippen molar-refractivity contribution >= 4 is 21.6 Å². The van der Waals surface area contributed by atoms with E-state index in [1.54, 1.807) is 16.6 Å². The smallest absolute Gasteiger partial charge is 0.273 e. The molecule has 8 nitrogen and oxygen atoms in total. The number of rotatable bonds is 6. The highest BCUT2D eigenvalue weighted by molar-refractivity contribution is 7.88. The van der Waals surface area contributed by atoms with Gasteiger partial charge in [0.15, 0.2) is 5.65 Å². The van der Waals surface area contributed by atoms with Crippen molar-refractivity contribution < 1.29 is 17.6 Å². The van der Waals surface area contributed by atoms with E-state index in [1.807, 2.05) is 29.2 Å². The fourth-order valence-electron chi connectivity index (χ4n) is 6.04. The average Bonchev–Trinajstić information content (AvgIpc) is 3.85. The number of hydrogen-bond donors (Lipinski definition) is 1. The summed E-state index contributed by atoms with van der Waals surface area (Å²) < 4.78 is 42.7. The minimum absolute atomic E-state index is 0.0415. The van der Waals surface area contributed by atoms with Crippen LogP contribution in [0.5, 0.6) is 0 Å². The molecule has 0 unspecified atom stereocenters. The van der Waals surface area contributed by atoms with Gasteiger partial charge in [0, 0.05) is 41.7 Å². The molecule has 1 aliphatic heterocycles. The van der Waals surface area contributed by atoms with Crippen molar-refractivity contribution in [2.75, 3.05) is 12.8 Å². The Balaban J connectivity index is 1.20. The number of halogens is 1. The van der Waals surface area contributed by atoms with Crippen molar-refractivity contribution in [3.8, 4) is 11.3 Å². The molecule has 0 radical (unpaired) electrons. The molecule has 3 aliphatic rings. The van der Waals surface area contributed by atoms with Gasteiger partial charge in [-0.3, -0.25) is 4.79 Å². The second kappa shape index (κ2) is 9.21. The number of aromatic nitrogens is 3. The first-order chi connectivity index (χ1) is 19.2. The van der Waals surface area contributed by atoms with E-state index in [2.05, 4.69) is 23.8 Å². The van der Waals surface area contributed by atoms with Crippen LogP contribution in [0.25, 0.3) is 16.9 Å². The molecule has 206 valence electrons. The Labute approximate surface area is 232 Å². The van der Waals surface area contributed by atoms with Crippen LogP contribution < -0.4 is 4.72 Å². The molecule has 2 fully saturated rings. The van der Waals surface area contributed by atoms with Crippen molar-refractivity contribution in [2.24, 2.45) is 0 Å². The topological polar surface area (TPSA) is 96.7 Å². The number of hydrogen-bond acceptors (Lipinski definition) is 5. The lowest BCUT2D eigenvalue weighted by molar-refractivity contribution is 0.0671. The number of nitrogens with zero attached hydrogens (tertiary/aromatic N) is 4. The largest absolute Gasteiger partial charge is 0.330 e. The van der Waals surface area contributed by atoms with Gasteiger partial charge >= 0.3 is 0 Å². The van der Waals surface area contributed by atoms with E-state index in [-0.39, 0.29) is 23.9 Å². The van der Waals surface area contributed by atoms with Crippen LogP contribution in [0.3, 0.4) is 0 Å². The lowest BCUT2D eigenvalue weighted by Crippen LogP contribution is -2.39. The third kappa shape index (κ3) is 4.58. The van der Waals surface area contributed by atoms with Gasteiger partial charge in [0.2, 0.25) is 10.0 Å². The summed E-state index contributed by atoms with van der Waals surface area (Å²) in [6.45, 7) is 2.69. The summed E-state index contributed by atoms with van der Waals surface area (Å²) in [5.41, 5.74) is 5.84. The Bertz CT molecular complexity index is 1780. The first-order valence-corrected chi connectivity index (χ1v) is 15.6. The van der Waals surface area contributed by atoms with Gasteiger partial charge in [0.25, 0.3) is 5.91 Å². The molecule has 7 rings (SSSR count). The Morgan fingerprint density at radius 2 is 1.90 bits per heavy atom. The molecular weight excluding hydrogens is 529 g/mol. The van der Waals surface area contributed by atoms with Gasteiger partial charge in [-0.1, -0.05) is 30.3 Å². The van der Waals surface area contributed by atoms with E-state index >= 15 is 4.39 Å². The first kappa shape index (κ1) is 25.3. The number of carbonyl (C=O) groups is 1. The van der Waals surface area contributed by atoms with E-state index in [1.165, 1.54) is 17.2 Å². The van der Waals surface area contributed by atoms with Gasteiger partial charge in [-0.25, -0.2) is 27.0 Å². The number of benzene rings is 2. The Morgan fingerprint density at radius 1 is 1.10 bits per heavy atom. The predicted octanol–water partition coefficient (Wildman–Crippen LogP) is 4.58. The summed E-state index contributed by atoms with van der Waals surface area (Å²) in [5.74, 6) is -0.270. The molecule has 40 heavy (non-hydrogen) atoms. The van der Waals surface area contributed by atoms with Crippen LogP contribution in [0.1, 0.15) is 76.9 Å². The first-order valence-electron chi connectivity index (χ1n) is 13.7. The predicted molar refractivity (Wildman–Crippen MR) is 149 cm³/mol. The fourth-order valence-corrected chi connectivity index (χ4v) is 6.85. The maximum Gasteiger partial charge on any atom is 0.273 e. The van der Waals surface area contributed by atoms with E-state index < -0.39 is 15.8 Å². The summed E-state index contributed by atoms with van der Waals surface area (Å²) in [4.78, 5) is 20.3. The highest BCUT2D eigenvalue weighted by atomic mass is 32.2. The summed E-state index contributed by atoms with van der Waals surface area (Å²) in [7, 11) is -3.31. The van der Waals surface area contributed by atoms with Gasteiger partial charge < -0.3 is 4.90 Å². The number of nitrogens with one attached hydrogen (secondary N) is 1. The molecule has 3 heterocycles. The molecule has 4 aromatic rings. The van der Waals surface area contributed by atoms with Crippen molar-refractivity contribution in [1.82, 2.24) is 24.2 Å².